The van der Waals surface area contributed by atoms with Crippen molar-refractivity contribution in [3.8, 4) is 0 Å². The molecule has 1 aromatic rings. The molecule has 0 bridgehead atoms. The second-order valence-corrected chi connectivity index (χ2v) is 2.42. The van der Waals surface area contributed by atoms with Crippen LogP contribution in [0.3, 0.4) is 0 Å². The third kappa shape index (κ3) is 2.03. The van der Waals surface area contributed by atoms with E-state index in [1.807, 2.05) is 4.57 Å². The Hall–Kier alpha value is -0.870. The Labute approximate surface area is 66.2 Å². The summed E-state index contributed by atoms with van der Waals surface area (Å²) in [4.78, 5) is 3.99. The maximum Gasteiger partial charge on any atom is 0.0948 e. The average molecular weight is 154 g/mol. The number of aromatic nitrogens is 2. The third-order valence-electron chi connectivity index (χ3n) is 1.61. The first-order chi connectivity index (χ1) is 5.38. The summed E-state index contributed by atoms with van der Waals surface area (Å²) in [6.07, 6.45) is 4.55. The van der Waals surface area contributed by atoms with Gasteiger partial charge in [-0.05, 0) is 13.0 Å². The minimum Gasteiger partial charge on any atom is -0.333 e. The van der Waals surface area contributed by atoms with Crippen molar-refractivity contribution in [1.82, 2.24) is 9.55 Å². The minimum absolute atomic E-state index is 0.546. The number of hydrogen-bond donors (Lipinski definition) is 2. The molecule has 4 heteroatoms. The summed E-state index contributed by atoms with van der Waals surface area (Å²) < 4.78 is 2.03. The van der Waals surface area contributed by atoms with Crippen LogP contribution in [0.15, 0.2) is 12.5 Å². The normalized spacial score (nSPS) is 10.4. The number of nitrogens with zero attached hydrogens (tertiary/aromatic N) is 2. The summed E-state index contributed by atoms with van der Waals surface area (Å²) in [5.74, 6) is 0. The summed E-state index contributed by atoms with van der Waals surface area (Å²) >= 11 is 0. The van der Waals surface area contributed by atoms with E-state index in [9.17, 15) is 0 Å². The van der Waals surface area contributed by atoms with Crippen molar-refractivity contribution < 1.29 is 0 Å². The zero-order valence-corrected chi connectivity index (χ0v) is 6.53. The molecule has 0 spiro atoms. The number of nitrogens with two attached hydrogens (primary N) is 2. The van der Waals surface area contributed by atoms with Crippen molar-refractivity contribution in [3.05, 3.63) is 18.2 Å². The standard InChI is InChI=1S/C7H14N4/c8-2-1-3-11-6-10-5-7(11)4-9/h5-6H,1-4,8-9H2. The smallest absolute Gasteiger partial charge is 0.0948 e. The van der Waals surface area contributed by atoms with E-state index in [0.29, 0.717) is 13.1 Å². The maximum atomic E-state index is 5.47. The highest BCUT2D eigenvalue weighted by Crippen LogP contribution is 1.98. The predicted molar refractivity (Wildman–Crippen MR) is 43.8 cm³/mol. The topological polar surface area (TPSA) is 69.9 Å². The summed E-state index contributed by atoms with van der Waals surface area (Å²) in [6.45, 7) is 2.18. The molecule has 4 nitrogen and oxygen atoms in total. The van der Waals surface area contributed by atoms with Gasteiger partial charge >= 0.3 is 0 Å². The second-order valence-electron chi connectivity index (χ2n) is 2.42. The molecule has 0 saturated heterocycles. The Balaban J connectivity index is 2.54. The highest BCUT2D eigenvalue weighted by molar-refractivity contribution is 4.96. The van der Waals surface area contributed by atoms with Gasteiger partial charge in [0.1, 0.15) is 0 Å². The lowest BCUT2D eigenvalue weighted by atomic mass is 10.4. The Morgan fingerprint density at radius 3 is 2.91 bits per heavy atom. The van der Waals surface area contributed by atoms with Crippen LogP contribution in [0.25, 0.3) is 0 Å². The molecule has 0 amide bonds. The first-order valence-corrected chi connectivity index (χ1v) is 3.77. The highest BCUT2D eigenvalue weighted by atomic mass is 15.0. The Kier molecular flexibility index (Phi) is 3.07. The summed E-state index contributed by atoms with van der Waals surface area (Å²) in [7, 11) is 0. The van der Waals surface area contributed by atoms with E-state index >= 15 is 0 Å². The van der Waals surface area contributed by atoms with Crippen LogP contribution in [0.2, 0.25) is 0 Å². The molecule has 1 rings (SSSR count). The van der Waals surface area contributed by atoms with Crippen molar-refractivity contribution in [2.45, 2.75) is 19.5 Å². The Morgan fingerprint density at radius 2 is 2.27 bits per heavy atom. The molecule has 0 aliphatic carbocycles. The van der Waals surface area contributed by atoms with E-state index in [-0.39, 0.29) is 0 Å². The van der Waals surface area contributed by atoms with Crippen LogP contribution in [0.5, 0.6) is 0 Å². The van der Waals surface area contributed by atoms with E-state index in [4.69, 9.17) is 11.5 Å². The molecule has 0 saturated carbocycles. The molecule has 4 N–H and O–H groups in total. The van der Waals surface area contributed by atoms with Crippen molar-refractivity contribution in [2.24, 2.45) is 11.5 Å². The fraction of sp³-hybridized carbons (Fsp3) is 0.571. The zero-order valence-electron chi connectivity index (χ0n) is 6.53. The first-order valence-electron chi connectivity index (χ1n) is 3.77. The molecule has 62 valence electrons. The van der Waals surface area contributed by atoms with Crippen LogP contribution >= 0.6 is 0 Å². The highest BCUT2D eigenvalue weighted by Gasteiger charge is 1.97. The third-order valence-corrected chi connectivity index (χ3v) is 1.61. The number of imidazole rings is 1. The Morgan fingerprint density at radius 1 is 1.45 bits per heavy atom. The van der Waals surface area contributed by atoms with Crippen molar-refractivity contribution >= 4 is 0 Å². The van der Waals surface area contributed by atoms with E-state index in [1.54, 1.807) is 12.5 Å². The van der Waals surface area contributed by atoms with Gasteiger partial charge < -0.3 is 16.0 Å². The minimum atomic E-state index is 0.546. The van der Waals surface area contributed by atoms with Crippen LogP contribution in [-0.4, -0.2) is 16.1 Å². The molecule has 11 heavy (non-hydrogen) atoms. The number of aryl methyl sites for hydroxylation is 1. The van der Waals surface area contributed by atoms with Crippen LogP contribution in [0.1, 0.15) is 12.1 Å². The van der Waals surface area contributed by atoms with Crippen LogP contribution < -0.4 is 11.5 Å². The predicted octanol–water partition coefficient (Wildman–Crippen LogP) is -0.309. The maximum absolute atomic E-state index is 5.47. The second kappa shape index (κ2) is 4.10. The van der Waals surface area contributed by atoms with Crippen LogP contribution in [0, 0.1) is 0 Å². The largest absolute Gasteiger partial charge is 0.333 e. The molecule has 0 atom stereocenters. The summed E-state index contributed by atoms with van der Waals surface area (Å²) in [5.41, 5.74) is 11.9. The van der Waals surface area contributed by atoms with Crippen molar-refractivity contribution in [1.29, 1.82) is 0 Å². The molecule has 0 fully saturated rings. The van der Waals surface area contributed by atoms with E-state index in [1.165, 1.54) is 0 Å². The molecular formula is C7H14N4. The molecular weight excluding hydrogens is 140 g/mol. The van der Waals surface area contributed by atoms with Gasteiger partial charge in [-0.1, -0.05) is 0 Å². The van der Waals surface area contributed by atoms with Gasteiger partial charge in [-0.2, -0.15) is 0 Å². The van der Waals surface area contributed by atoms with E-state index < -0.39 is 0 Å². The van der Waals surface area contributed by atoms with Crippen molar-refractivity contribution in [2.75, 3.05) is 6.54 Å². The fourth-order valence-electron chi connectivity index (χ4n) is 0.981. The SMILES string of the molecule is NCCCn1cncc1CN. The molecule has 1 aromatic heterocycles. The van der Waals surface area contributed by atoms with Gasteiger partial charge in [0.05, 0.1) is 12.0 Å². The fourth-order valence-corrected chi connectivity index (χ4v) is 0.981. The van der Waals surface area contributed by atoms with Gasteiger partial charge in [-0.25, -0.2) is 4.98 Å². The quantitative estimate of drug-likeness (QED) is 0.625. The van der Waals surface area contributed by atoms with E-state index in [0.717, 1.165) is 18.7 Å². The monoisotopic (exact) mass is 154 g/mol. The molecule has 0 aromatic carbocycles. The lowest BCUT2D eigenvalue weighted by Gasteiger charge is -2.03. The van der Waals surface area contributed by atoms with Gasteiger partial charge in [0.25, 0.3) is 0 Å². The van der Waals surface area contributed by atoms with Crippen molar-refractivity contribution in [3.63, 3.8) is 0 Å². The molecule has 0 aliphatic heterocycles. The Bertz CT molecular complexity index is 206. The molecule has 0 aliphatic rings. The van der Waals surface area contributed by atoms with Gasteiger partial charge in [0, 0.05) is 19.3 Å². The van der Waals surface area contributed by atoms with E-state index in [2.05, 4.69) is 4.98 Å². The van der Waals surface area contributed by atoms with Gasteiger partial charge in [-0.3, -0.25) is 0 Å². The lowest BCUT2D eigenvalue weighted by Crippen LogP contribution is -2.09. The van der Waals surface area contributed by atoms with Gasteiger partial charge in [-0.15, -0.1) is 0 Å². The first kappa shape index (κ1) is 8.23. The number of hydrogen-bond acceptors (Lipinski definition) is 3. The molecule has 0 radical (unpaired) electrons. The summed E-state index contributed by atoms with van der Waals surface area (Å²) in [5, 5.41) is 0. The van der Waals surface area contributed by atoms with Crippen LogP contribution in [-0.2, 0) is 13.1 Å². The van der Waals surface area contributed by atoms with Gasteiger partial charge in [0.15, 0.2) is 0 Å². The van der Waals surface area contributed by atoms with Crippen LogP contribution in [0.4, 0.5) is 0 Å². The lowest BCUT2D eigenvalue weighted by molar-refractivity contribution is 0.624. The molecule has 1 heterocycles. The summed E-state index contributed by atoms with van der Waals surface area (Å²) in [6, 6.07) is 0. The van der Waals surface area contributed by atoms with Gasteiger partial charge in [0.2, 0.25) is 0 Å². The number of rotatable bonds is 4. The zero-order chi connectivity index (χ0) is 8.10. The molecule has 0 unspecified atom stereocenters. The average Bonchev–Trinajstić information content (AvgIpc) is 2.47.